The van der Waals surface area contributed by atoms with Gasteiger partial charge in [0.1, 0.15) is 0 Å². The summed E-state index contributed by atoms with van der Waals surface area (Å²) in [6.07, 6.45) is 10.2. The minimum absolute atomic E-state index is 0.226. The summed E-state index contributed by atoms with van der Waals surface area (Å²) in [6, 6.07) is 16.2. The number of carbonyl (C=O) groups is 1. The van der Waals surface area contributed by atoms with Crippen LogP contribution in [-0.2, 0) is 7.05 Å². The molecule has 0 N–H and O–H groups in total. The number of nitrogens with zero attached hydrogens (tertiary/aromatic N) is 2. The zero-order valence-corrected chi connectivity index (χ0v) is 17.6. The van der Waals surface area contributed by atoms with Crippen LogP contribution in [0.15, 0.2) is 60.9 Å². The molecule has 4 rings (SSSR count). The molecule has 3 aromatic rings. The van der Waals surface area contributed by atoms with E-state index in [-0.39, 0.29) is 5.78 Å². The van der Waals surface area contributed by atoms with E-state index in [1.54, 1.807) is 0 Å². The van der Waals surface area contributed by atoms with E-state index in [2.05, 4.69) is 41.4 Å². The Morgan fingerprint density at radius 2 is 1.90 bits per heavy atom. The van der Waals surface area contributed by atoms with E-state index in [0.717, 1.165) is 48.8 Å². The number of likely N-dealkylation sites (tertiary alicyclic amines) is 1. The first-order valence-electron chi connectivity index (χ1n) is 10.4. The number of piperidine rings is 1. The van der Waals surface area contributed by atoms with E-state index in [1.165, 1.54) is 5.56 Å². The van der Waals surface area contributed by atoms with Crippen molar-refractivity contribution < 1.29 is 4.79 Å². The Hall–Kier alpha value is -2.52. The molecule has 1 fully saturated rings. The van der Waals surface area contributed by atoms with Crippen LogP contribution in [0.4, 0.5) is 0 Å². The lowest BCUT2D eigenvalue weighted by atomic mass is 9.90. The maximum Gasteiger partial charge on any atom is 0.165 e. The molecule has 150 valence electrons. The molecule has 2 heterocycles. The number of benzene rings is 2. The molecule has 3 nitrogen and oxygen atoms in total. The van der Waals surface area contributed by atoms with Crippen molar-refractivity contribution in [3.63, 3.8) is 0 Å². The third-order valence-electron chi connectivity index (χ3n) is 5.96. The fourth-order valence-electron chi connectivity index (χ4n) is 4.20. The summed E-state index contributed by atoms with van der Waals surface area (Å²) in [5.74, 6) is 0.850. The number of carbonyl (C=O) groups excluding carboxylic acids is 1. The number of halogens is 1. The Kier molecular flexibility index (Phi) is 6.05. The first-order chi connectivity index (χ1) is 14.1. The van der Waals surface area contributed by atoms with E-state index in [4.69, 9.17) is 11.6 Å². The van der Waals surface area contributed by atoms with Gasteiger partial charge in [0.25, 0.3) is 0 Å². The summed E-state index contributed by atoms with van der Waals surface area (Å²) in [4.78, 5) is 15.3. The lowest BCUT2D eigenvalue weighted by Gasteiger charge is -2.31. The Balaban J connectivity index is 1.30. The number of Topliss-reactive ketones (excluding diaryl/α,β-unsaturated/α-hetero) is 1. The van der Waals surface area contributed by atoms with Crippen LogP contribution in [0.3, 0.4) is 0 Å². The fourth-order valence-corrected chi connectivity index (χ4v) is 4.37. The molecular formula is C25H27ClN2O. The first-order valence-corrected chi connectivity index (χ1v) is 10.7. The van der Waals surface area contributed by atoms with Gasteiger partial charge in [-0.2, -0.15) is 0 Å². The standard InChI is InChI=1S/C25H27ClN2O/c1-27-18-23(22-17-21(26)8-9-24(22)27)25(29)10-7-20-12-15-28(16-13-20)14-11-19-5-3-2-4-6-19/h2-6,8-9,11,14,17-18,20H,7,10,12-13,15-16H2,1H3. The molecule has 1 aliphatic rings. The molecule has 1 aliphatic heterocycles. The highest BCUT2D eigenvalue weighted by Gasteiger charge is 2.20. The minimum atomic E-state index is 0.226. The number of ketones is 1. The van der Waals surface area contributed by atoms with E-state index in [0.29, 0.717) is 17.4 Å². The van der Waals surface area contributed by atoms with Crippen molar-refractivity contribution in [3.05, 3.63) is 77.1 Å². The molecular weight excluding hydrogens is 380 g/mol. The third-order valence-corrected chi connectivity index (χ3v) is 6.19. The van der Waals surface area contributed by atoms with Crippen LogP contribution in [0.5, 0.6) is 0 Å². The van der Waals surface area contributed by atoms with Crippen molar-refractivity contribution >= 4 is 34.4 Å². The van der Waals surface area contributed by atoms with Crippen LogP contribution in [0.1, 0.15) is 41.6 Å². The van der Waals surface area contributed by atoms with Crippen molar-refractivity contribution in [2.75, 3.05) is 13.1 Å². The largest absolute Gasteiger partial charge is 0.377 e. The first kappa shape index (κ1) is 19.8. The van der Waals surface area contributed by atoms with Gasteiger partial charge in [-0.15, -0.1) is 0 Å². The quantitative estimate of drug-likeness (QED) is 0.457. The second kappa shape index (κ2) is 8.87. The molecule has 29 heavy (non-hydrogen) atoms. The van der Waals surface area contributed by atoms with Gasteiger partial charge in [-0.3, -0.25) is 4.79 Å². The molecule has 0 radical (unpaired) electrons. The lowest BCUT2D eigenvalue weighted by molar-refractivity contribution is 0.0968. The number of aromatic nitrogens is 1. The third kappa shape index (κ3) is 4.73. The van der Waals surface area contributed by atoms with Gasteiger partial charge in [-0.1, -0.05) is 41.9 Å². The second-order valence-electron chi connectivity index (χ2n) is 7.98. The summed E-state index contributed by atoms with van der Waals surface area (Å²) < 4.78 is 2.01. The number of rotatable bonds is 6. The Morgan fingerprint density at radius 3 is 2.66 bits per heavy atom. The topological polar surface area (TPSA) is 25.2 Å². The highest BCUT2D eigenvalue weighted by molar-refractivity contribution is 6.31. The number of hydrogen-bond acceptors (Lipinski definition) is 2. The van der Waals surface area contributed by atoms with Gasteiger partial charge >= 0.3 is 0 Å². The normalized spacial score (nSPS) is 15.4. The van der Waals surface area contributed by atoms with Crippen LogP contribution < -0.4 is 0 Å². The van der Waals surface area contributed by atoms with Gasteiger partial charge in [-0.05, 0) is 61.2 Å². The Morgan fingerprint density at radius 1 is 1.14 bits per heavy atom. The molecule has 1 aromatic heterocycles. The van der Waals surface area contributed by atoms with E-state index in [9.17, 15) is 4.79 Å². The summed E-state index contributed by atoms with van der Waals surface area (Å²) in [6.45, 7) is 2.12. The van der Waals surface area contributed by atoms with Gasteiger partial charge in [0.2, 0.25) is 0 Å². The highest BCUT2D eigenvalue weighted by Crippen LogP contribution is 2.28. The average Bonchev–Trinajstić information content (AvgIpc) is 3.07. The summed E-state index contributed by atoms with van der Waals surface area (Å²) in [5, 5.41) is 1.64. The summed E-state index contributed by atoms with van der Waals surface area (Å²) in [7, 11) is 1.98. The molecule has 0 bridgehead atoms. The molecule has 1 saturated heterocycles. The minimum Gasteiger partial charge on any atom is -0.377 e. The van der Waals surface area contributed by atoms with Gasteiger partial charge in [0, 0.05) is 54.2 Å². The predicted octanol–water partition coefficient (Wildman–Crippen LogP) is 6.18. The Bertz CT molecular complexity index is 1010. The van der Waals surface area contributed by atoms with Crippen molar-refractivity contribution in [1.29, 1.82) is 0 Å². The van der Waals surface area contributed by atoms with E-state index >= 15 is 0 Å². The maximum atomic E-state index is 12.9. The number of fused-ring (bicyclic) bond motifs is 1. The molecule has 2 aromatic carbocycles. The van der Waals surface area contributed by atoms with Gasteiger partial charge in [0.05, 0.1) is 0 Å². The highest BCUT2D eigenvalue weighted by atomic mass is 35.5. The molecule has 0 aliphatic carbocycles. The monoisotopic (exact) mass is 406 g/mol. The Labute approximate surface area is 177 Å². The average molecular weight is 407 g/mol. The molecule has 0 atom stereocenters. The van der Waals surface area contributed by atoms with Crippen molar-refractivity contribution in [1.82, 2.24) is 9.47 Å². The van der Waals surface area contributed by atoms with Crippen LogP contribution in [0.2, 0.25) is 5.02 Å². The van der Waals surface area contributed by atoms with Gasteiger partial charge < -0.3 is 9.47 Å². The van der Waals surface area contributed by atoms with E-state index < -0.39 is 0 Å². The smallest absolute Gasteiger partial charge is 0.165 e. The zero-order chi connectivity index (χ0) is 20.2. The zero-order valence-electron chi connectivity index (χ0n) is 16.9. The number of aryl methyl sites for hydroxylation is 1. The maximum absolute atomic E-state index is 12.9. The lowest BCUT2D eigenvalue weighted by Crippen LogP contribution is -2.29. The van der Waals surface area contributed by atoms with Crippen LogP contribution in [0, 0.1) is 5.92 Å². The van der Waals surface area contributed by atoms with Crippen LogP contribution in [0.25, 0.3) is 17.0 Å². The summed E-state index contributed by atoms with van der Waals surface area (Å²) >= 11 is 6.15. The molecule has 0 unspecified atom stereocenters. The van der Waals surface area contributed by atoms with E-state index in [1.807, 2.05) is 42.1 Å². The van der Waals surface area contributed by atoms with Crippen molar-refractivity contribution in [2.24, 2.45) is 13.0 Å². The molecule has 0 saturated carbocycles. The fraction of sp³-hybridized carbons (Fsp3) is 0.320. The van der Waals surface area contributed by atoms with Crippen LogP contribution in [-0.4, -0.2) is 28.3 Å². The van der Waals surface area contributed by atoms with Crippen molar-refractivity contribution in [2.45, 2.75) is 25.7 Å². The van der Waals surface area contributed by atoms with Crippen LogP contribution >= 0.6 is 11.6 Å². The molecule has 0 amide bonds. The number of hydrogen-bond donors (Lipinski definition) is 0. The predicted molar refractivity (Wildman–Crippen MR) is 121 cm³/mol. The molecule has 4 heteroatoms. The van der Waals surface area contributed by atoms with Gasteiger partial charge in [0.15, 0.2) is 5.78 Å². The SMILES string of the molecule is Cn1cc(C(=O)CCC2CCN(C=Cc3ccccc3)CC2)c2cc(Cl)ccc21. The van der Waals surface area contributed by atoms with Crippen molar-refractivity contribution in [3.8, 4) is 0 Å². The second-order valence-corrected chi connectivity index (χ2v) is 8.42. The van der Waals surface area contributed by atoms with Gasteiger partial charge in [-0.25, -0.2) is 0 Å². The molecule has 0 spiro atoms. The summed E-state index contributed by atoms with van der Waals surface area (Å²) in [5.41, 5.74) is 3.08.